The second kappa shape index (κ2) is 9.50. The lowest BCUT2D eigenvalue weighted by Crippen LogP contribution is -2.37. The number of pyridine rings is 1. The van der Waals surface area contributed by atoms with E-state index in [-0.39, 0.29) is 11.7 Å². The summed E-state index contributed by atoms with van der Waals surface area (Å²) in [6, 6.07) is 13.7. The van der Waals surface area contributed by atoms with Gasteiger partial charge in [-0.2, -0.15) is 0 Å². The summed E-state index contributed by atoms with van der Waals surface area (Å²) in [6.45, 7) is 2.55. The van der Waals surface area contributed by atoms with Gasteiger partial charge in [0.15, 0.2) is 6.10 Å². The van der Waals surface area contributed by atoms with E-state index in [2.05, 4.69) is 26.2 Å². The molecule has 0 radical (unpaired) electrons. The van der Waals surface area contributed by atoms with Crippen molar-refractivity contribution in [2.45, 2.75) is 19.4 Å². The number of nitrogens with one attached hydrogen (secondary N) is 1. The highest BCUT2D eigenvalue weighted by Crippen LogP contribution is 2.26. The second-order valence-electron chi connectivity index (χ2n) is 6.16. The Morgan fingerprint density at radius 3 is 2.86 bits per heavy atom. The summed E-state index contributed by atoms with van der Waals surface area (Å²) < 4.78 is 24.9. The molecule has 1 heterocycles. The van der Waals surface area contributed by atoms with Crippen molar-refractivity contribution in [2.75, 3.05) is 13.2 Å². The lowest BCUT2D eigenvalue weighted by atomic mass is 10.2. The summed E-state index contributed by atoms with van der Waals surface area (Å²) in [5.41, 5.74) is 0.820. The Hall–Kier alpha value is -2.67. The molecule has 3 rings (SSSR count). The molecule has 1 unspecified atom stereocenters. The average Bonchev–Trinajstić information content (AvgIpc) is 2.69. The molecule has 3 aromatic rings. The number of benzene rings is 2. The molecule has 1 N–H and O–H groups in total. The van der Waals surface area contributed by atoms with Crippen LogP contribution >= 0.6 is 15.9 Å². The predicted octanol–water partition coefficient (Wildman–Crippen LogP) is 4.49. The molecule has 0 fully saturated rings. The molecule has 0 saturated carbocycles. The minimum atomic E-state index is -0.704. The van der Waals surface area contributed by atoms with Crippen molar-refractivity contribution < 1.29 is 18.7 Å². The number of hydrogen-bond acceptors (Lipinski definition) is 4. The number of carbonyl (C=O) groups is 1. The van der Waals surface area contributed by atoms with E-state index in [9.17, 15) is 9.18 Å². The van der Waals surface area contributed by atoms with E-state index in [1.54, 1.807) is 13.1 Å². The van der Waals surface area contributed by atoms with Crippen LogP contribution in [0.5, 0.6) is 11.5 Å². The molecule has 5 nitrogen and oxygen atoms in total. The number of amides is 1. The van der Waals surface area contributed by atoms with Gasteiger partial charge in [0, 0.05) is 18.1 Å². The molecule has 1 amide bonds. The van der Waals surface area contributed by atoms with Crippen LogP contribution in [-0.2, 0) is 4.79 Å². The Kier molecular flexibility index (Phi) is 6.81. The third kappa shape index (κ3) is 5.19. The SMILES string of the molecule is CC(Oc1ccc(F)cc1Br)C(=O)NCCCOc1cccc2cccnc12. The number of ether oxygens (including phenoxy) is 2. The van der Waals surface area contributed by atoms with E-state index in [1.165, 1.54) is 18.2 Å². The molecular weight excluding hydrogens is 427 g/mol. The number of aromatic nitrogens is 1. The molecule has 28 heavy (non-hydrogen) atoms. The molecule has 0 aliphatic heterocycles. The van der Waals surface area contributed by atoms with Gasteiger partial charge in [0.2, 0.25) is 0 Å². The van der Waals surface area contributed by atoms with E-state index in [1.807, 2.05) is 30.3 Å². The van der Waals surface area contributed by atoms with Gasteiger partial charge in [-0.3, -0.25) is 9.78 Å². The van der Waals surface area contributed by atoms with Crippen molar-refractivity contribution in [2.24, 2.45) is 0 Å². The van der Waals surface area contributed by atoms with Gasteiger partial charge < -0.3 is 14.8 Å². The van der Waals surface area contributed by atoms with Gasteiger partial charge in [-0.15, -0.1) is 0 Å². The van der Waals surface area contributed by atoms with Crippen LogP contribution in [0.25, 0.3) is 10.9 Å². The molecule has 7 heteroatoms. The number of rotatable bonds is 8. The smallest absolute Gasteiger partial charge is 0.260 e. The summed E-state index contributed by atoms with van der Waals surface area (Å²) in [4.78, 5) is 16.5. The summed E-state index contributed by atoms with van der Waals surface area (Å²) in [7, 11) is 0. The molecule has 1 aromatic heterocycles. The fraction of sp³-hybridized carbons (Fsp3) is 0.238. The van der Waals surface area contributed by atoms with Gasteiger partial charge in [-0.1, -0.05) is 18.2 Å². The van der Waals surface area contributed by atoms with Crippen LogP contribution in [0.2, 0.25) is 0 Å². The highest BCUT2D eigenvalue weighted by Gasteiger charge is 2.15. The molecule has 0 bridgehead atoms. The number of carbonyl (C=O) groups excluding carboxylic acids is 1. The molecule has 0 saturated heterocycles. The lowest BCUT2D eigenvalue weighted by Gasteiger charge is -2.16. The summed E-state index contributed by atoms with van der Waals surface area (Å²) >= 11 is 3.22. The zero-order valence-corrected chi connectivity index (χ0v) is 16.9. The quantitative estimate of drug-likeness (QED) is 0.517. The van der Waals surface area contributed by atoms with Crippen molar-refractivity contribution in [1.82, 2.24) is 10.3 Å². The van der Waals surface area contributed by atoms with Crippen LogP contribution in [-0.4, -0.2) is 30.1 Å². The standard InChI is InChI=1S/C21H20BrFN2O3/c1-14(28-18-9-8-16(23)13-17(18)22)21(26)25-11-4-12-27-19-7-2-5-15-6-3-10-24-20(15)19/h2-3,5-10,13-14H,4,11-12H2,1H3,(H,25,26). The molecule has 0 spiro atoms. The molecule has 1 atom stereocenters. The number of fused-ring (bicyclic) bond motifs is 1. The van der Waals surface area contributed by atoms with Crippen LogP contribution < -0.4 is 14.8 Å². The van der Waals surface area contributed by atoms with E-state index in [0.717, 1.165) is 16.7 Å². The number of nitrogens with zero attached hydrogens (tertiary/aromatic N) is 1. The fourth-order valence-electron chi connectivity index (χ4n) is 2.62. The van der Waals surface area contributed by atoms with E-state index in [4.69, 9.17) is 9.47 Å². The van der Waals surface area contributed by atoms with Crippen molar-refractivity contribution in [3.8, 4) is 11.5 Å². The summed E-state index contributed by atoms with van der Waals surface area (Å²) in [5.74, 6) is 0.513. The maximum atomic E-state index is 13.1. The van der Waals surface area contributed by atoms with Crippen molar-refractivity contribution >= 4 is 32.7 Å². The Morgan fingerprint density at radius 1 is 1.21 bits per heavy atom. The monoisotopic (exact) mass is 446 g/mol. The normalized spacial score (nSPS) is 11.8. The Balaban J connectivity index is 1.42. The minimum absolute atomic E-state index is 0.247. The predicted molar refractivity (Wildman–Crippen MR) is 109 cm³/mol. The summed E-state index contributed by atoms with van der Waals surface area (Å²) in [5, 5.41) is 3.83. The summed E-state index contributed by atoms with van der Waals surface area (Å²) in [6.07, 6.45) is 1.67. The molecule has 2 aromatic carbocycles. The van der Waals surface area contributed by atoms with Crippen LogP contribution in [0.1, 0.15) is 13.3 Å². The third-order valence-electron chi connectivity index (χ3n) is 4.04. The van der Waals surface area contributed by atoms with E-state index in [0.29, 0.717) is 29.8 Å². The largest absolute Gasteiger partial charge is 0.491 e. The van der Waals surface area contributed by atoms with E-state index < -0.39 is 6.10 Å². The minimum Gasteiger partial charge on any atom is -0.491 e. The second-order valence-corrected chi connectivity index (χ2v) is 7.01. The first-order valence-corrected chi connectivity index (χ1v) is 9.70. The number of halogens is 2. The van der Waals surface area contributed by atoms with Gasteiger partial charge in [0.25, 0.3) is 5.91 Å². The highest BCUT2D eigenvalue weighted by atomic mass is 79.9. The van der Waals surface area contributed by atoms with Crippen LogP contribution in [0.4, 0.5) is 4.39 Å². The van der Waals surface area contributed by atoms with Gasteiger partial charge >= 0.3 is 0 Å². The van der Waals surface area contributed by atoms with Gasteiger partial charge in [-0.05, 0) is 59.6 Å². The molecule has 0 aliphatic rings. The molecule has 0 aliphatic carbocycles. The first-order chi connectivity index (χ1) is 13.5. The molecule has 146 valence electrons. The molecular formula is C21H20BrFN2O3. The van der Waals surface area contributed by atoms with E-state index >= 15 is 0 Å². The van der Waals surface area contributed by atoms with Crippen LogP contribution in [0.3, 0.4) is 0 Å². The van der Waals surface area contributed by atoms with Crippen molar-refractivity contribution in [3.63, 3.8) is 0 Å². The van der Waals surface area contributed by atoms with Gasteiger partial charge in [0.1, 0.15) is 22.8 Å². The van der Waals surface area contributed by atoms with Crippen molar-refractivity contribution in [3.05, 3.63) is 65.0 Å². The van der Waals surface area contributed by atoms with Gasteiger partial charge in [0.05, 0.1) is 11.1 Å². The number of hydrogen-bond donors (Lipinski definition) is 1. The first kappa shape index (κ1) is 20.1. The Morgan fingerprint density at radius 2 is 2.04 bits per heavy atom. The van der Waals surface area contributed by atoms with Crippen LogP contribution in [0, 0.1) is 5.82 Å². The maximum Gasteiger partial charge on any atom is 0.260 e. The topological polar surface area (TPSA) is 60.5 Å². The van der Waals surface area contributed by atoms with Gasteiger partial charge in [-0.25, -0.2) is 4.39 Å². The van der Waals surface area contributed by atoms with Crippen LogP contribution in [0.15, 0.2) is 59.2 Å². The van der Waals surface area contributed by atoms with Crippen molar-refractivity contribution in [1.29, 1.82) is 0 Å². The highest BCUT2D eigenvalue weighted by molar-refractivity contribution is 9.10. The zero-order chi connectivity index (χ0) is 19.9. The first-order valence-electron chi connectivity index (χ1n) is 8.90. The average molecular weight is 447 g/mol. The maximum absolute atomic E-state index is 13.1. The third-order valence-corrected chi connectivity index (χ3v) is 4.66. The lowest BCUT2D eigenvalue weighted by molar-refractivity contribution is -0.127. The Bertz CT molecular complexity index is 962. The number of para-hydroxylation sites is 1. The zero-order valence-electron chi connectivity index (χ0n) is 15.3. The Labute approximate surface area is 171 Å². The fourth-order valence-corrected chi connectivity index (χ4v) is 3.06.